The van der Waals surface area contributed by atoms with Gasteiger partial charge in [-0.2, -0.15) is 0 Å². The molecule has 1 saturated carbocycles. The fourth-order valence-corrected chi connectivity index (χ4v) is 3.83. The molecule has 0 radical (unpaired) electrons. The number of carbonyl (C=O) groups is 1. The van der Waals surface area contributed by atoms with Gasteiger partial charge in [-0.15, -0.1) is 0 Å². The highest BCUT2D eigenvalue weighted by molar-refractivity contribution is 5.84. The summed E-state index contributed by atoms with van der Waals surface area (Å²) in [6, 6.07) is 0.835. The smallest absolute Gasteiger partial charge is 0.149 e. The van der Waals surface area contributed by atoms with E-state index in [9.17, 15) is 4.79 Å². The second-order valence-corrected chi connectivity index (χ2v) is 6.58. The van der Waals surface area contributed by atoms with Crippen LogP contribution in [-0.4, -0.2) is 17.9 Å². The maximum atomic E-state index is 12.2. The summed E-state index contributed by atoms with van der Waals surface area (Å²) in [6.45, 7) is 2.23. The minimum absolute atomic E-state index is 0.186. The molecule has 2 heteroatoms. The molecule has 2 fully saturated rings. The largest absolute Gasteiger partial charge is 0.304 e. The molecular formula is C17H31NO. The summed E-state index contributed by atoms with van der Waals surface area (Å²) >= 11 is 0. The number of hydrogen-bond acceptors (Lipinski definition) is 2. The summed E-state index contributed by atoms with van der Waals surface area (Å²) in [5.74, 6) is 1.35. The Hall–Kier alpha value is -0.370. The zero-order valence-electron chi connectivity index (χ0n) is 12.6. The van der Waals surface area contributed by atoms with E-state index < -0.39 is 0 Å². The van der Waals surface area contributed by atoms with E-state index in [0.717, 1.165) is 25.2 Å². The van der Waals surface area contributed by atoms with Crippen molar-refractivity contribution in [1.29, 1.82) is 0 Å². The van der Waals surface area contributed by atoms with Crippen LogP contribution in [0.15, 0.2) is 0 Å². The summed E-state index contributed by atoms with van der Waals surface area (Å²) in [5.41, 5.74) is 0. The van der Waals surface area contributed by atoms with Gasteiger partial charge in [0.15, 0.2) is 0 Å². The third-order valence-corrected chi connectivity index (χ3v) is 5.07. The van der Waals surface area contributed by atoms with Crippen molar-refractivity contribution in [3.8, 4) is 0 Å². The molecule has 2 aliphatic rings. The molecule has 110 valence electrons. The Morgan fingerprint density at radius 3 is 2.63 bits per heavy atom. The van der Waals surface area contributed by atoms with E-state index in [1.54, 1.807) is 0 Å². The van der Waals surface area contributed by atoms with Crippen LogP contribution in [0.25, 0.3) is 0 Å². The lowest BCUT2D eigenvalue weighted by atomic mass is 9.77. The average Bonchev–Trinajstić information content (AvgIpc) is 2.46. The van der Waals surface area contributed by atoms with Gasteiger partial charge in [-0.1, -0.05) is 45.4 Å². The van der Waals surface area contributed by atoms with Crippen molar-refractivity contribution in [2.75, 3.05) is 0 Å². The fraction of sp³-hybridized carbons (Fsp3) is 0.941. The number of hydrogen-bond donors (Lipinski definition) is 1. The lowest BCUT2D eigenvalue weighted by molar-refractivity contribution is -0.122. The van der Waals surface area contributed by atoms with Crippen LogP contribution in [0.5, 0.6) is 0 Å². The van der Waals surface area contributed by atoms with Crippen LogP contribution in [0.4, 0.5) is 0 Å². The van der Waals surface area contributed by atoms with Crippen LogP contribution in [0.3, 0.4) is 0 Å². The summed E-state index contributed by atoms with van der Waals surface area (Å²) in [4.78, 5) is 12.2. The molecule has 2 rings (SSSR count). The van der Waals surface area contributed by atoms with E-state index in [0.29, 0.717) is 11.8 Å². The van der Waals surface area contributed by atoms with E-state index in [4.69, 9.17) is 0 Å². The Morgan fingerprint density at radius 1 is 1.00 bits per heavy atom. The molecule has 3 atom stereocenters. The number of piperidine rings is 1. The first kappa shape index (κ1) is 15.0. The molecule has 19 heavy (non-hydrogen) atoms. The molecule has 0 amide bonds. The maximum absolute atomic E-state index is 12.2. The minimum Gasteiger partial charge on any atom is -0.304 e. The van der Waals surface area contributed by atoms with E-state index in [-0.39, 0.29) is 6.04 Å². The molecule has 1 aliphatic heterocycles. The second kappa shape index (κ2) is 8.04. The number of rotatable bonds is 7. The Morgan fingerprint density at radius 2 is 1.79 bits per heavy atom. The summed E-state index contributed by atoms with van der Waals surface area (Å²) in [5, 5.41) is 3.66. The molecule has 2 nitrogen and oxygen atoms in total. The predicted molar refractivity (Wildman–Crippen MR) is 80.3 cm³/mol. The number of ketones is 1. The minimum atomic E-state index is 0.186. The van der Waals surface area contributed by atoms with E-state index in [1.165, 1.54) is 57.8 Å². The number of Topliss-reactive ketones (excluding diaryl/α,β-unsaturated/α-hetero) is 1. The zero-order chi connectivity index (χ0) is 13.5. The second-order valence-electron chi connectivity index (χ2n) is 6.58. The number of carbonyl (C=O) groups excluding carboxylic acids is 1. The van der Waals surface area contributed by atoms with Crippen LogP contribution in [0.1, 0.15) is 84.0 Å². The summed E-state index contributed by atoms with van der Waals surface area (Å²) in [7, 11) is 0. The van der Waals surface area contributed by atoms with Crippen molar-refractivity contribution >= 4 is 5.78 Å². The third kappa shape index (κ3) is 4.59. The van der Waals surface area contributed by atoms with Crippen molar-refractivity contribution in [3.05, 3.63) is 0 Å². The van der Waals surface area contributed by atoms with Gasteiger partial charge in [0.2, 0.25) is 0 Å². The van der Waals surface area contributed by atoms with Gasteiger partial charge in [0.05, 0.1) is 6.04 Å². The topological polar surface area (TPSA) is 29.1 Å². The van der Waals surface area contributed by atoms with E-state index in [2.05, 4.69) is 12.2 Å². The third-order valence-electron chi connectivity index (χ3n) is 5.07. The van der Waals surface area contributed by atoms with Gasteiger partial charge >= 0.3 is 0 Å². The Bertz CT molecular complexity index is 276. The molecule has 0 aromatic heterocycles. The lowest BCUT2D eigenvalue weighted by Gasteiger charge is -2.40. The molecule has 1 saturated heterocycles. The molecule has 1 N–H and O–H groups in total. The first-order valence-corrected chi connectivity index (χ1v) is 8.60. The van der Waals surface area contributed by atoms with Crippen molar-refractivity contribution in [2.24, 2.45) is 5.92 Å². The summed E-state index contributed by atoms with van der Waals surface area (Å²) < 4.78 is 0. The Kier molecular flexibility index (Phi) is 6.36. The molecule has 0 bridgehead atoms. The Labute approximate surface area is 118 Å². The Balaban J connectivity index is 1.65. The van der Waals surface area contributed by atoms with Crippen molar-refractivity contribution in [1.82, 2.24) is 5.32 Å². The van der Waals surface area contributed by atoms with Gasteiger partial charge in [0.1, 0.15) is 5.78 Å². The van der Waals surface area contributed by atoms with Crippen LogP contribution in [0.2, 0.25) is 0 Å². The first-order chi connectivity index (χ1) is 9.31. The van der Waals surface area contributed by atoms with Gasteiger partial charge in [-0.3, -0.25) is 4.79 Å². The quantitative estimate of drug-likeness (QED) is 0.698. The van der Waals surface area contributed by atoms with E-state index in [1.807, 2.05) is 0 Å². The first-order valence-electron chi connectivity index (χ1n) is 8.60. The average molecular weight is 265 g/mol. The van der Waals surface area contributed by atoms with Crippen molar-refractivity contribution < 1.29 is 4.79 Å². The number of fused-ring (bicyclic) bond motifs is 1. The van der Waals surface area contributed by atoms with Crippen LogP contribution >= 0.6 is 0 Å². The van der Waals surface area contributed by atoms with E-state index >= 15 is 0 Å². The van der Waals surface area contributed by atoms with Crippen LogP contribution in [-0.2, 0) is 4.79 Å². The van der Waals surface area contributed by atoms with Gasteiger partial charge < -0.3 is 5.32 Å². The predicted octanol–water partition coefficient (Wildman–Crippen LogP) is 4.23. The van der Waals surface area contributed by atoms with Crippen LogP contribution in [0, 0.1) is 5.92 Å². The SMILES string of the molecule is CCCCCCCC(=O)C1CCC2CCCCC2N1. The molecule has 0 spiro atoms. The molecule has 0 aromatic carbocycles. The molecule has 1 heterocycles. The highest BCUT2D eigenvalue weighted by Crippen LogP contribution is 2.32. The maximum Gasteiger partial charge on any atom is 0.149 e. The standard InChI is InChI=1S/C17H31NO/c1-2-3-4-5-6-11-17(19)16-13-12-14-9-7-8-10-15(14)18-16/h14-16,18H,2-13H2,1H3. The van der Waals surface area contributed by atoms with Crippen molar-refractivity contribution in [2.45, 2.75) is 96.1 Å². The highest BCUT2D eigenvalue weighted by atomic mass is 16.1. The van der Waals surface area contributed by atoms with Gasteiger partial charge in [-0.25, -0.2) is 0 Å². The normalized spacial score (nSPS) is 30.9. The fourth-order valence-electron chi connectivity index (χ4n) is 3.83. The van der Waals surface area contributed by atoms with Crippen LogP contribution < -0.4 is 5.32 Å². The molecule has 3 unspecified atom stereocenters. The number of unbranched alkanes of at least 4 members (excludes halogenated alkanes) is 4. The number of nitrogens with one attached hydrogen (secondary N) is 1. The zero-order valence-corrected chi connectivity index (χ0v) is 12.6. The molecule has 0 aromatic rings. The lowest BCUT2D eigenvalue weighted by Crippen LogP contribution is -2.51. The molecule has 1 aliphatic carbocycles. The van der Waals surface area contributed by atoms with Gasteiger partial charge in [-0.05, 0) is 38.0 Å². The molecular weight excluding hydrogens is 234 g/mol. The summed E-state index contributed by atoms with van der Waals surface area (Å²) in [6.07, 6.45) is 14.8. The van der Waals surface area contributed by atoms with Gasteiger partial charge in [0, 0.05) is 12.5 Å². The van der Waals surface area contributed by atoms with Crippen molar-refractivity contribution in [3.63, 3.8) is 0 Å². The monoisotopic (exact) mass is 265 g/mol. The highest BCUT2D eigenvalue weighted by Gasteiger charge is 2.33. The van der Waals surface area contributed by atoms with Gasteiger partial charge in [0.25, 0.3) is 0 Å².